The Kier molecular flexibility index (Phi) is 3.02. The second-order valence-electron chi connectivity index (χ2n) is 3.85. The number of para-hydroxylation sites is 1. The average molecular weight is 270 g/mol. The first-order valence-electron chi connectivity index (χ1n) is 5.09. The first kappa shape index (κ1) is 12.2. The Morgan fingerprint density at radius 1 is 1.12 bits per heavy atom. The highest BCUT2D eigenvalue weighted by Gasteiger charge is 2.31. The van der Waals surface area contributed by atoms with Crippen LogP contribution < -0.4 is 4.31 Å². The van der Waals surface area contributed by atoms with E-state index in [2.05, 4.69) is 0 Å². The maximum Gasteiger partial charge on any atom is 0.279 e. The van der Waals surface area contributed by atoms with Crippen LogP contribution in [-0.4, -0.2) is 8.42 Å². The van der Waals surface area contributed by atoms with Gasteiger partial charge in [0.15, 0.2) is 4.36 Å². The number of hydrogen-bond donors (Lipinski definition) is 0. The van der Waals surface area contributed by atoms with Gasteiger partial charge < -0.3 is 0 Å². The molecule has 0 saturated heterocycles. The molecule has 1 aliphatic heterocycles. The van der Waals surface area contributed by atoms with Gasteiger partial charge in [0.1, 0.15) is 0 Å². The molecule has 2 rings (SSSR count). The lowest BCUT2D eigenvalue weighted by atomic mass is 10.2. The molecule has 0 unspecified atom stereocenters. The van der Waals surface area contributed by atoms with Crippen molar-refractivity contribution in [2.45, 2.75) is 13.8 Å². The van der Waals surface area contributed by atoms with E-state index in [1.54, 1.807) is 44.2 Å². The van der Waals surface area contributed by atoms with E-state index in [9.17, 15) is 8.42 Å². The summed E-state index contributed by atoms with van der Waals surface area (Å²) in [7, 11) is -3.64. The Bertz CT molecular complexity index is 603. The Balaban J connectivity index is 2.62. The molecule has 17 heavy (non-hydrogen) atoms. The highest BCUT2D eigenvalue weighted by atomic mass is 35.5. The second kappa shape index (κ2) is 4.20. The molecule has 1 aliphatic rings. The van der Waals surface area contributed by atoms with Crippen molar-refractivity contribution in [3.63, 3.8) is 0 Å². The van der Waals surface area contributed by atoms with Crippen LogP contribution in [0.15, 0.2) is 52.0 Å². The fourth-order valence-corrected chi connectivity index (χ4v) is 3.53. The maximum absolute atomic E-state index is 12.2. The number of sulfonamides is 1. The molecule has 0 bridgehead atoms. The number of benzene rings is 1. The lowest BCUT2D eigenvalue weighted by molar-refractivity contribution is 0.601. The van der Waals surface area contributed by atoms with E-state index in [0.29, 0.717) is 17.0 Å². The van der Waals surface area contributed by atoms with E-state index in [1.165, 1.54) is 4.31 Å². The third-order valence-electron chi connectivity index (χ3n) is 2.51. The lowest BCUT2D eigenvalue weighted by Gasteiger charge is -2.28. The molecular weight excluding hydrogens is 258 g/mol. The summed E-state index contributed by atoms with van der Waals surface area (Å²) < 4.78 is 25.6. The SMILES string of the molecule is CC1=CC(C)=C(Cl)S(=O)(=O)N1c1ccccc1. The Morgan fingerprint density at radius 3 is 2.29 bits per heavy atom. The summed E-state index contributed by atoms with van der Waals surface area (Å²) in [6.07, 6.45) is 1.76. The predicted octanol–water partition coefficient (Wildman–Crippen LogP) is 3.21. The molecule has 5 heteroatoms. The van der Waals surface area contributed by atoms with Crippen molar-refractivity contribution in [3.8, 4) is 0 Å². The van der Waals surface area contributed by atoms with Gasteiger partial charge in [0.05, 0.1) is 5.69 Å². The van der Waals surface area contributed by atoms with Gasteiger partial charge in [0, 0.05) is 5.70 Å². The number of rotatable bonds is 1. The van der Waals surface area contributed by atoms with Crippen molar-refractivity contribution >= 4 is 27.3 Å². The summed E-state index contributed by atoms with van der Waals surface area (Å²) in [5.41, 5.74) is 1.79. The average Bonchev–Trinajstić information content (AvgIpc) is 2.27. The summed E-state index contributed by atoms with van der Waals surface area (Å²) in [6, 6.07) is 8.88. The molecule has 0 fully saturated rings. The zero-order chi connectivity index (χ0) is 12.6. The van der Waals surface area contributed by atoms with Gasteiger partial charge in [-0.25, -0.2) is 4.31 Å². The monoisotopic (exact) mass is 269 g/mol. The number of hydrogen-bond acceptors (Lipinski definition) is 2. The topological polar surface area (TPSA) is 37.4 Å². The third-order valence-corrected chi connectivity index (χ3v) is 5.15. The summed E-state index contributed by atoms with van der Waals surface area (Å²) in [5.74, 6) is 0. The molecule has 0 saturated carbocycles. The zero-order valence-electron chi connectivity index (χ0n) is 9.51. The van der Waals surface area contributed by atoms with Crippen LogP contribution in [0, 0.1) is 0 Å². The summed E-state index contributed by atoms with van der Waals surface area (Å²) in [4.78, 5) is 0. The van der Waals surface area contributed by atoms with Gasteiger partial charge in [0.25, 0.3) is 10.0 Å². The van der Waals surface area contributed by atoms with Crippen molar-refractivity contribution in [2.75, 3.05) is 4.31 Å². The van der Waals surface area contributed by atoms with Crippen LogP contribution in [0.1, 0.15) is 13.8 Å². The van der Waals surface area contributed by atoms with Crippen molar-refractivity contribution in [2.24, 2.45) is 0 Å². The molecule has 1 aromatic rings. The second-order valence-corrected chi connectivity index (χ2v) is 6.17. The van der Waals surface area contributed by atoms with Crippen LogP contribution >= 0.6 is 11.6 Å². The largest absolute Gasteiger partial charge is 0.279 e. The minimum atomic E-state index is -3.64. The fraction of sp³-hybridized carbons (Fsp3) is 0.167. The normalized spacial score (nSPS) is 19.2. The first-order chi connectivity index (χ1) is 7.94. The maximum atomic E-state index is 12.2. The lowest BCUT2D eigenvalue weighted by Crippen LogP contribution is -2.31. The number of allylic oxidation sites excluding steroid dienone is 3. The van der Waals surface area contributed by atoms with E-state index in [-0.39, 0.29) is 4.36 Å². The van der Waals surface area contributed by atoms with E-state index in [4.69, 9.17) is 11.6 Å². The van der Waals surface area contributed by atoms with Gasteiger partial charge in [-0.3, -0.25) is 0 Å². The number of halogens is 1. The van der Waals surface area contributed by atoms with Crippen LogP contribution in [0.5, 0.6) is 0 Å². The Labute approximate surface area is 106 Å². The third kappa shape index (κ3) is 1.98. The van der Waals surface area contributed by atoms with E-state index in [0.717, 1.165) is 0 Å². The Morgan fingerprint density at radius 2 is 1.71 bits per heavy atom. The molecule has 1 aromatic carbocycles. The molecule has 0 N–H and O–H groups in total. The molecule has 0 aliphatic carbocycles. The quantitative estimate of drug-likeness (QED) is 0.785. The van der Waals surface area contributed by atoms with Gasteiger partial charge in [-0.05, 0) is 37.6 Å². The molecule has 0 spiro atoms. The van der Waals surface area contributed by atoms with Crippen molar-refractivity contribution in [1.82, 2.24) is 0 Å². The van der Waals surface area contributed by atoms with E-state index in [1.807, 2.05) is 6.07 Å². The van der Waals surface area contributed by atoms with Crippen LogP contribution in [0.2, 0.25) is 0 Å². The molecule has 0 amide bonds. The fourth-order valence-electron chi connectivity index (χ4n) is 1.81. The van der Waals surface area contributed by atoms with E-state index < -0.39 is 10.0 Å². The van der Waals surface area contributed by atoms with Crippen molar-refractivity contribution in [3.05, 3.63) is 52.0 Å². The van der Waals surface area contributed by atoms with Gasteiger partial charge in [-0.15, -0.1) is 0 Å². The molecule has 0 radical (unpaired) electrons. The minimum Gasteiger partial charge on any atom is -0.238 e. The summed E-state index contributed by atoms with van der Waals surface area (Å²) in [5, 5.41) is 0. The highest BCUT2D eigenvalue weighted by Crippen LogP contribution is 2.34. The Hall–Kier alpha value is -1.26. The molecule has 90 valence electrons. The molecule has 1 heterocycles. The van der Waals surface area contributed by atoms with Gasteiger partial charge in [-0.2, -0.15) is 8.42 Å². The molecular formula is C12H12ClNO2S. The zero-order valence-corrected chi connectivity index (χ0v) is 11.1. The van der Waals surface area contributed by atoms with Gasteiger partial charge in [-0.1, -0.05) is 29.8 Å². The first-order valence-corrected chi connectivity index (χ1v) is 6.91. The van der Waals surface area contributed by atoms with E-state index >= 15 is 0 Å². The molecule has 0 atom stereocenters. The van der Waals surface area contributed by atoms with Crippen LogP contribution in [-0.2, 0) is 10.0 Å². The summed E-state index contributed by atoms with van der Waals surface area (Å²) >= 11 is 5.87. The molecule has 3 nitrogen and oxygen atoms in total. The van der Waals surface area contributed by atoms with Crippen LogP contribution in [0.4, 0.5) is 5.69 Å². The van der Waals surface area contributed by atoms with Gasteiger partial charge >= 0.3 is 0 Å². The molecule has 0 aromatic heterocycles. The van der Waals surface area contributed by atoms with Crippen molar-refractivity contribution in [1.29, 1.82) is 0 Å². The highest BCUT2D eigenvalue weighted by molar-refractivity contribution is 7.98. The standard InChI is InChI=1S/C12H12ClNO2S/c1-9-8-10(2)14(17(15,16)12(9)13)11-6-4-3-5-7-11/h3-8H,1-2H3. The van der Waals surface area contributed by atoms with Gasteiger partial charge in [0.2, 0.25) is 0 Å². The smallest absolute Gasteiger partial charge is 0.238 e. The number of anilines is 1. The minimum absolute atomic E-state index is 0.119. The van der Waals surface area contributed by atoms with Crippen LogP contribution in [0.25, 0.3) is 0 Å². The van der Waals surface area contributed by atoms with Crippen LogP contribution in [0.3, 0.4) is 0 Å². The number of nitrogens with zero attached hydrogens (tertiary/aromatic N) is 1. The van der Waals surface area contributed by atoms with Crippen molar-refractivity contribution < 1.29 is 8.42 Å². The predicted molar refractivity (Wildman–Crippen MR) is 70.2 cm³/mol. The summed E-state index contributed by atoms with van der Waals surface area (Å²) in [6.45, 7) is 3.43.